The number of aromatic hydroxyl groups is 1. The number of hydrogen-bond donors (Lipinski definition) is 1. The Morgan fingerprint density at radius 3 is 2.45 bits per heavy atom. The fraction of sp³-hybridized carbons (Fsp3) is 0.250. The molecule has 0 amide bonds. The molecule has 0 saturated carbocycles. The number of hydrogen-bond acceptors (Lipinski definition) is 3. The molecule has 1 aromatic carbocycles. The van der Waals surface area contributed by atoms with Crippen LogP contribution in [0.15, 0.2) is 42.6 Å². The van der Waals surface area contributed by atoms with Gasteiger partial charge < -0.3 is 5.11 Å². The molecule has 2 aromatic heterocycles. The van der Waals surface area contributed by atoms with Gasteiger partial charge in [-0.2, -0.15) is 9.61 Å². The van der Waals surface area contributed by atoms with Crippen molar-refractivity contribution in [3.63, 3.8) is 0 Å². The molecule has 0 atom stereocenters. The SMILES string of the molecule is CC(C)(C)c1cc(O)n2ncc(-c3ccccc3)c2n1. The average molecular weight is 267 g/mol. The van der Waals surface area contributed by atoms with E-state index in [1.54, 1.807) is 12.3 Å². The van der Waals surface area contributed by atoms with Crippen LogP contribution in [0.5, 0.6) is 5.88 Å². The molecule has 4 nitrogen and oxygen atoms in total. The monoisotopic (exact) mass is 267 g/mol. The summed E-state index contributed by atoms with van der Waals surface area (Å²) < 4.78 is 1.47. The molecule has 102 valence electrons. The Bertz CT molecular complexity index is 754. The summed E-state index contributed by atoms with van der Waals surface area (Å²) in [5.41, 5.74) is 3.37. The first-order chi connectivity index (χ1) is 9.47. The lowest BCUT2D eigenvalue weighted by atomic mass is 9.92. The Hall–Kier alpha value is -2.36. The van der Waals surface area contributed by atoms with Crippen molar-refractivity contribution in [3.05, 3.63) is 48.3 Å². The van der Waals surface area contributed by atoms with Crippen molar-refractivity contribution in [2.75, 3.05) is 0 Å². The highest BCUT2D eigenvalue weighted by molar-refractivity contribution is 5.77. The molecule has 0 fully saturated rings. The van der Waals surface area contributed by atoms with Crippen LogP contribution in [0.2, 0.25) is 0 Å². The van der Waals surface area contributed by atoms with Gasteiger partial charge in [0.1, 0.15) is 0 Å². The van der Waals surface area contributed by atoms with E-state index in [-0.39, 0.29) is 11.3 Å². The minimum absolute atomic E-state index is 0.113. The second kappa shape index (κ2) is 4.34. The lowest BCUT2D eigenvalue weighted by Crippen LogP contribution is -2.14. The van der Waals surface area contributed by atoms with Crippen molar-refractivity contribution in [3.8, 4) is 17.0 Å². The van der Waals surface area contributed by atoms with Crippen molar-refractivity contribution < 1.29 is 5.11 Å². The molecule has 0 aliphatic carbocycles. The molecule has 0 bridgehead atoms. The van der Waals surface area contributed by atoms with Gasteiger partial charge in [0.2, 0.25) is 5.88 Å². The van der Waals surface area contributed by atoms with Crippen LogP contribution in [0.25, 0.3) is 16.8 Å². The standard InChI is InChI=1S/C16H17N3O/c1-16(2,3)13-9-14(20)19-15(18-13)12(10-17-19)11-7-5-4-6-8-11/h4-10,20H,1-3H3. The average Bonchev–Trinajstić information content (AvgIpc) is 2.83. The molecule has 0 aliphatic heterocycles. The highest BCUT2D eigenvalue weighted by atomic mass is 16.3. The third kappa shape index (κ3) is 2.03. The first-order valence-electron chi connectivity index (χ1n) is 6.60. The maximum absolute atomic E-state index is 10.1. The molecular formula is C16H17N3O. The van der Waals surface area contributed by atoms with Gasteiger partial charge in [0, 0.05) is 17.0 Å². The van der Waals surface area contributed by atoms with Crippen molar-refractivity contribution in [1.82, 2.24) is 14.6 Å². The summed E-state index contributed by atoms with van der Waals surface area (Å²) in [5.74, 6) is 0.113. The summed E-state index contributed by atoms with van der Waals surface area (Å²) in [7, 11) is 0. The maximum atomic E-state index is 10.1. The molecule has 2 heterocycles. The maximum Gasteiger partial charge on any atom is 0.215 e. The third-order valence-corrected chi connectivity index (χ3v) is 3.31. The molecule has 3 rings (SSSR count). The van der Waals surface area contributed by atoms with Gasteiger partial charge in [-0.3, -0.25) is 0 Å². The number of benzene rings is 1. The molecule has 0 aliphatic rings. The van der Waals surface area contributed by atoms with E-state index in [4.69, 9.17) is 0 Å². The predicted octanol–water partition coefficient (Wildman–Crippen LogP) is 3.40. The van der Waals surface area contributed by atoms with Crippen LogP contribution in [0.4, 0.5) is 0 Å². The zero-order valence-electron chi connectivity index (χ0n) is 11.8. The highest BCUT2D eigenvalue weighted by Gasteiger charge is 2.20. The lowest BCUT2D eigenvalue weighted by molar-refractivity contribution is 0.429. The molecule has 1 N–H and O–H groups in total. The van der Waals surface area contributed by atoms with E-state index in [0.717, 1.165) is 16.8 Å². The second-order valence-electron chi connectivity index (χ2n) is 5.91. The minimum atomic E-state index is -0.128. The molecule has 4 heteroatoms. The van der Waals surface area contributed by atoms with Crippen LogP contribution in [0, 0.1) is 0 Å². The van der Waals surface area contributed by atoms with E-state index in [1.807, 2.05) is 30.3 Å². The Labute approximate surface area is 117 Å². The zero-order valence-corrected chi connectivity index (χ0v) is 11.8. The van der Waals surface area contributed by atoms with E-state index >= 15 is 0 Å². The van der Waals surface area contributed by atoms with Gasteiger partial charge >= 0.3 is 0 Å². The van der Waals surface area contributed by atoms with Crippen LogP contribution >= 0.6 is 0 Å². The summed E-state index contributed by atoms with van der Waals surface area (Å²) in [6, 6.07) is 11.6. The third-order valence-electron chi connectivity index (χ3n) is 3.31. The van der Waals surface area contributed by atoms with Gasteiger partial charge in [0.05, 0.1) is 11.9 Å². The van der Waals surface area contributed by atoms with Crippen LogP contribution in [-0.4, -0.2) is 19.7 Å². The fourth-order valence-electron chi connectivity index (χ4n) is 2.15. The first kappa shape index (κ1) is 12.7. The molecular weight excluding hydrogens is 250 g/mol. The van der Waals surface area contributed by atoms with Crippen LogP contribution < -0.4 is 0 Å². The first-order valence-corrected chi connectivity index (χ1v) is 6.60. The van der Waals surface area contributed by atoms with Gasteiger partial charge in [-0.15, -0.1) is 0 Å². The van der Waals surface area contributed by atoms with Gasteiger partial charge in [-0.1, -0.05) is 51.1 Å². The largest absolute Gasteiger partial charge is 0.493 e. The zero-order chi connectivity index (χ0) is 14.3. The van der Waals surface area contributed by atoms with E-state index < -0.39 is 0 Å². The summed E-state index contributed by atoms with van der Waals surface area (Å²) >= 11 is 0. The summed E-state index contributed by atoms with van der Waals surface area (Å²) in [6.45, 7) is 6.22. The van der Waals surface area contributed by atoms with E-state index in [9.17, 15) is 5.11 Å². The van der Waals surface area contributed by atoms with Gasteiger partial charge in [0.15, 0.2) is 5.65 Å². The molecule has 0 saturated heterocycles. The van der Waals surface area contributed by atoms with Crippen molar-refractivity contribution >= 4 is 5.65 Å². The smallest absolute Gasteiger partial charge is 0.215 e. The number of fused-ring (bicyclic) bond motifs is 1. The summed E-state index contributed by atoms with van der Waals surface area (Å²) in [4.78, 5) is 4.68. The van der Waals surface area contributed by atoms with Crippen LogP contribution in [0.3, 0.4) is 0 Å². The Morgan fingerprint density at radius 1 is 1.10 bits per heavy atom. The Balaban J connectivity index is 2.28. The normalized spacial score (nSPS) is 11.9. The minimum Gasteiger partial charge on any atom is -0.493 e. The molecule has 3 aromatic rings. The van der Waals surface area contributed by atoms with Crippen LogP contribution in [0.1, 0.15) is 26.5 Å². The van der Waals surface area contributed by atoms with E-state index in [2.05, 4.69) is 30.9 Å². The quantitative estimate of drug-likeness (QED) is 0.735. The summed E-state index contributed by atoms with van der Waals surface area (Å²) in [6.07, 6.45) is 1.74. The molecule has 0 unspecified atom stereocenters. The number of aromatic nitrogens is 3. The highest BCUT2D eigenvalue weighted by Crippen LogP contribution is 2.29. The van der Waals surface area contributed by atoms with Crippen molar-refractivity contribution in [2.24, 2.45) is 0 Å². The van der Waals surface area contributed by atoms with Crippen molar-refractivity contribution in [2.45, 2.75) is 26.2 Å². The second-order valence-corrected chi connectivity index (χ2v) is 5.91. The molecule has 0 spiro atoms. The predicted molar refractivity (Wildman–Crippen MR) is 78.8 cm³/mol. The Kier molecular flexibility index (Phi) is 2.74. The van der Waals surface area contributed by atoms with Crippen LogP contribution in [-0.2, 0) is 5.41 Å². The molecule has 20 heavy (non-hydrogen) atoms. The van der Waals surface area contributed by atoms with E-state index in [0.29, 0.717) is 5.65 Å². The molecule has 0 radical (unpaired) electrons. The van der Waals surface area contributed by atoms with Gasteiger partial charge in [-0.05, 0) is 5.56 Å². The van der Waals surface area contributed by atoms with E-state index in [1.165, 1.54) is 4.52 Å². The number of rotatable bonds is 1. The topological polar surface area (TPSA) is 50.4 Å². The summed E-state index contributed by atoms with van der Waals surface area (Å²) in [5, 5.41) is 14.4. The fourth-order valence-corrected chi connectivity index (χ4v) is 2.15. The number of nitrogens with zero attached hydrogens (tertiary/aromatic N) is 3. The van der Waals surface area contributed by atoms with Gasteiger partial charge in [0.25, 0.3) is 0 Å². The van der Waals surface area contributed by atoms with Gasteiger partial charge in [-0.25, -0.2) is 4.98 Å². The lowest BCUT2D eigenvalue weighted by Gasteiger charge is -2.18. The van der Waals surface area contributed by atoms with Crippen molar-refractivity contribution in [1.29, 1.82) is 0 Å². The Morgan fingerprint density at radius 2 is 1.80 bits per heavy atom.